The minimum Gasteiger partial charge on any atom is -0.383 e. The van der Waals surface area contributed by atoms with Crippen LogP contribution in [-0.2, 0) is 13.5 Å². The van der Waals surface area contributed by atoms with Crippen molar-refractivity contribution in [2.24, 2.45) is 7.05 Å². The molecule has 0 fully saturated rings. The molecular weight excluding hydrogens is 349 g/mol. The lowest BCUT2D eigenvalue weighted by Crippen LogP contribution is -2.08. The van der Waals surface area contributed by atoms with Crippen LogP contribution in [0.4, 0.5) is 5.69 Å². The van der Waals surface area contributed by atoms with E-state index in [1.54, 1.807) is 0 Å². The van der Waals surface area contributed by atoms with Crippen LogP contribution in [-0.4, -0.2) is 16.3 Å². The second-order valence-corrected chi connectivity index (χ2v) is 5.40. The lowest BCUT2D eigenvalue weighted by Gasteiger charge is -2.08. The minimum absolute atomic E-state index is 0.766. The molecule has 0 aliphatic rings. The third-order valence-corrected chi connectivity index (χ3v) is 3.53. The number of hydrogen-bond acceptors (Lipinski definition) is 2. The molecule has 0 saturated heterocycles. The molecular formula is C12H13ClIN3. The van der Waals surface area contributed by atoms with Gasteiger partial charge in [0.1, 0.15) is 0 Å². The molecule has 90 valence electrons. The van der Waals surface area contributed by atoms with Crippen molar-refractivity contribution in [2.45, 2.75) is 6.42 Å². The number of hydrogen-bond donors (Lipinski definition) is 1. The molecule has 0 spiro atoms. The minimum atomic E-state index is 0.766. The molecule has 1 heterocycles. The van der Waals surface area contributed by atoms with Gasteiger partial charge >= 0.3 is 0 Å². The van der Waals surface area contributed by atoms with E-state index in [9.17, 15) is 0 Å². The van der Waals surface area contributed by atoms with E-state index < -0.39 is 0 Å². The Morgan fingerprint density at radius 2 is 2.24 bits per heavy atom. The van der Waals surface area contributed by atoms with Gasteiger partial charge in [-0.1, -0.05) is 11.6 Å². The van der Waals surface area contributed by atoms with Crippen molar-refractivity contribution in [2.75, 3.05) is 11.9 Å². The standard InChI is InChI=1S/C12H13ClIN3/c1-17-10(5-7-16-17)4-6-15-12-3-2-9(14)8-11(12)13/h2-3,5,7-8,15H,4,6H2,1H3. The zero-order chi connectivity index (χ0) is 12.3. The molecule has 0 atom stereocenters. The van der Waals surface area contributed by atoms with Gasteiger partial charge in [0.15, 0.2) is 0 Å². The molecule has 0 saturated carbocycles. The Morgan fingerprint density at radius 1 is 1.41 bits per heavy atom. The van der Waals surface area contributed by atoms with E-state index >= 15 is 0 Å². The summed E-state index contributed by atoms with van der Waals surface area (Å²) in [5.41, 5.74) is 2.19. The summed E-state index contributed by atoms with van der Waals surface area (Å²) in [6.07, 6.45) is 2.74. The molecule has 2 rings (SSSR count). The monoisotopic (exact) mass is 361 g/mol. The number of nitrogens with zero attached hydrogens (tertiary/aromatic N) is 2. The first-order valence-corrected chi connectivity index (χ1v) is 6.78. The summed E-state index contributed by atoms with van der Waals surface area (Å²) in [6.45, 7) is 0.847. The van der Waals surface area contributed by atoms with Gasteiger partial charge in [0, 0.05) is 35.5 Å². The molecule has 2 aromatic rings. The normalized spacial score (nSPS) is 10.5. The SMILES string of the molecule is Cn1nccc1CCNc1ccc(I)cc1Cl. The fourth-order valence-electron chi connectivity index (χ4n) is 1.60. The Balaban J connectivity index is 1.92. The third kappa shape index (κ3) is 3.35. The summed E-state index contributed by atoms with van der Waals surface area (Å²) >= 11 is 8.39. The van der Waals surface area contributed by atoms with E-state index in [0.717, 1.165) is 27.2 Å². The van der Waals surface area contributed by atoms with Crippen LogP contribution in [0.3, 0.4) is 0 Å². The number of anilines is 1. The molecule has 17 heavy (non-hydrogen) atoms. The first-order valence-electron chi connectivity index (χ1n) is 5.32. The van der Waals surface area contributed by atoms with E-state index in [2.05, 4.69) is 33.0 Å². The second-order valence-electron chi connectivity index (χ2n) is 3.75. The van der Waals surface area contributed by atoms with Crippen LogP contribution < -0.4 is 5.32 Å². The number of halogens is 2. The predicted molar refractivity (Wildman–Crippen MR) is 79.6 cm³/mol. The van der Waals surface area contributed by atoms with Crippen molar-refractivity contribution in [3.63, 3.8) is 0 Å². The van der Waals surface area contributed by atoms with Crippen LogP contribution in [0.5, 0.6) is 0 Å². The summed E-state index contributed by atoms with van der Waals surface area (Å²) in [5.74, 6) is 0. The van der Waals surface area contributed by atoms with E-state index in [-0.39, 0.29) is 0 Å². The predicted octanol–water partition coefficient (Wildman–Crippen LogP) is 3.33. The molecule has 1 N–H and O–H groups in total. The average molecular weight is 362 g/mol. The van der Waals surface area contributed by atoms with Crippen molar-refractivity contribution in [3.8, 4) is 0 Å². The molecule has 0 radical (unpaired) electrons. The summed E-state index contributed by atoms with van der Waals surface area (Å²) in [7, 11) is 1.95. The highest BCUT2D eigenvalue weighted by Gasteiger charge is 2.01. The average Bonchev–Trinajstić information content (AvgIpc) is 2.68. The molecule has 0 aliphatic heterocycles. The molecule has 1 aromatic carbocycles. The highest BCUT2D eigenvalue weighted by molar-refractivity contribution is 14.1. The Morgan fingerprint density at radius 3 is 2.88 bits per heavy atom. The van der Waals surface area contributed by atoms with Crippen molar-refractivity contribution in [1.29, 1.82) is 0 Å². The van der Waals surface area contributed by atoms with Gasteiger partial charge in [-0.25, -0.2) is 0 Å². The smallest absolute Gasteiger partial charge is 0.0648 e. The number of nitrogens with one attached hydrogen (secondary N) is 1. The molecule has 0 bridgehead atoms. The first kappa shape index (κ1) is 12.7. The summed E-state index contributed by atoms with van der Waals surface area (Å²) in [4.78, 5) is 0. The molecule has 5 heteroatoms. The molecule has 3 nitrogen and oxygen atoms in total. The fourth-order valence-corrected chi connectivity index (χ4v) is 2.53. The molecule has 1 aromatic heterocycles. The van der Waals surface area contributed by atoms with Gasteiger partial charge in [0.25, 0.3) is 0 Å². The van der Waals surface area contributed by atoms with Crippen LogP contribution in [0.2, 0.25) is 5.02 Å². The van der Waals surface area contributed by atoms with Crippen molar-refractivity contribution in [3.05, 3.63) is 44.7 Å². The fraction of sp³-hybridized carbons (Fsp3) is 0.250. The zero-order valence-corrected chi connectivity index (χ0v) is 12.4. The summed E-state index contributed by atoms with van der Waals surface area (Å²) in [6, 6.07) is 8.03. The van der Waals surface area contributed by atoms with Crippen LogP contribution in [0, 0.1) is 3.57 Å². The van der Waals surface area contributed by atoms with Gasteiger partial charge in [-0.3, -0.25) is 4.68 Å². The van der Waals surface area contributed by atoms with Gasteiger partial charge in [0.05, 0.1) is 10.7 Å². The topological polar surface area (TPSA) is 29.9 Å². The lowest BCUT2D eigenvalue weighted by molar-refractivity contribution is 0.711. The van der Waals surface area contributed by atoms with Crippen LogP contribution >= 0.6 is 34.2 Å². The van der Waals surface area contributed by atoms with Crippen molar-refractivity contribution in [1.82, 2.24) is 9.78 Å². The maximum absolute atomic E-state index is 6.14. The number of rotatable bonds is 4. The Hall–Kier alpha value is -0.750. The quantitative estimate of drug-likeness (QED) is 0.847. The van der Waals surface area contributed by atoms with Gasteiger partial charge in [-0.05, 0) is 46.9 Å². The van der Waals surface area contributed by atoms with Crippen LogP contribution in [0.25, 0.3) is 0 Å². The number of benzene rings is 1. The summed E-state index contributed by atoms with van der Waals surface area (Å²) in [5, 5.41) is 8.23. The van der Waals surface area contributed by atoms with Crippen molar-refractivity contribution >= 4 is 39.9 Å². The van der Waals surface area contributed by atoms with Crippen molar-refractivity contribution < 1.29 is 0 Å². The zero-order valence-electron chi connectivity index (χ0n) is 9.45. The van der Waals surface area contributed by atoms with Gasteiger partial charge < -0.3 is 5.32 Å². The largest absolute Gasteiger partial charge is 0.383 e. The molecule has 0 aliphatic carbocycles. The van der Waals surface area contributed by atoms with Crippen LogP contribution in [0.1, 0.15) is 5.69 Å². The van der Waals surface area contributed by atoms with Gasteiger partial charge in [0.2, 0.25) is 0 Å². The van der Waals surface area contributed by atoms with Crippen LogP contribution in [0.15, 0.2) is 30.5 Å². The number of aromatic nitrogens is 2. The highest BCUT2D eigenvalue weighted by Crippen LogP contribution is 2.23. The Bertz CT molecular complexity index is 510. The Labute approximate surface area is 119 Å². The summed E-state index contributed by atoms with van der Waals surface area (Å²) < 4.78 is 3.03. The highest BCUT2D eigenvalue weighted by atomic mass is 127. The molecule has 0 amide bonds. The maximum atomic E-state index is 6.14. The second kappa shape index (κ2) is 5.73. The van der Waals surface area contributed by atoms with E-state index in [1.165, 1.54) is 5.69 Å². The van der Waals surface area contributed by atoms with Gasteiger partial charge in [-0.2, -0.15) is 5.10 Å². The first-order chi connectivity index (χ1) is 8.16. The van der Waals surface area contributed by atoms with E-state index in [1.807, 2.05) is 42.2 Å². The van der Waals surface area contributed by atoms with E-state index in [4.69, 9.17) is 11.6 Å². The Kier molecular flexibility index (Phi) is 4.28. The molecule has 0 unspecified atom stereocenters. The lowest BCUT2D eigenvalue weighted by atomic mass is 10.3. The number of aryl methyl sites for hydroxylation is 1. The third-order valence-electron chi connectivity index (χ3n) is 2.55. The van der Waals surface area contributed by atoms with E-state index in [0.29, 0.717) is 0 Å². The maximum Gasteiger partial charge on any atom is 0.0648 e. The van der Waals surface area contributed by atoms with Gasteiger partial charge in [-0.15, -0.1) is 0 Å².